The zero-order valence-electron chi connectivity index (χ0n) is 13.0. The van der Waals surface area contributed by atoms with Crippen LogP contribution in [0.2, 0.25) is 0 Å². The van der Waals surface area contributed by atoms with Gasteiger partial charge in [0.15, 0.2) is 5.82 Å². The second-order valence-electron chi connectivity index (χ2n) is 6.06. The number of aromatic amines is 1. The fourth-order valence-electron chi connectivity index (χ4n) is 3.22. The first-order valence-corrected chi connectivity index (χ1v) is 8.11. The topological polar surface area (TPSA) is 58.0 Å². The van der Waals surface area contributed by atoms with E-state index in [2.05, 4.69) is 15.1 Å². The molecule has 1 fully saturated rings. The minimum absolute atomic E-state index is 0.406. The molecule has 0 radical (unpaired) electrons. The lowest BCUT2D eigenvalue weighted by Gasteiger charge is -2.30. The van der Waals surface area contributed by atoms with Gasteiger partial charge in [-0.3, -0.25) is 10.00 Å². The number of H-pyrrole nitrogens is 1. The van der Waals surface area contributed by atoms with Gasteiger partial charge >= 0.3 is 0 Å². The van der Waals surface area contributed by atoms with Crippen molar-refractivity contribution in [2.24, 2.45) is 0 Å². The third-order valence-electron chi connectivity index (χ3n) is 4.39. The zero-order valence-corrected chi connectivity index (χ0v) is 13.0. The van der Waals surface area contributed by atoms with Crippen molar-refractivity contribution in [3.8, 4) is 11.4 Å². The van der Waals surface area contributed by atoms with Crippen LogP contribution in [0.1, 0.15) is 30.3 Å². The Balaban J connectivity index is 1.46. The van der Waals surface area contributed by atoms with E-state index in [1.165, 1.54) is 6.42 Å². The Morgan fingerprint density at radius 1 is 1.17 bits per heavy atom. The molecule has 1 unspecified atom stereocenters. The van der Waals surface area contributed by atoms with Gasteiger partial charge < -0.3 is 4.42 Å². The highest BCUT2D eigenvalue weighted by atomic mass is 16.3. The van der Waals surface area contributed by atoms with E-state index in [1.807, 2.05) is 42.5 Å². The molecule has 23 heavy (non-hydrogen) atoms. The molecule has 0 amide bonds. The molecule has 0 bridgehead atoms. The first-order valence-electron chi connectivity index (χ1n) is 8.11. The maximum Gasteiger partial charge on any atom is 0.181 e. The van der Waals surface area contributed by atoms with Crippen molar-refractivity contribution < 1.29 is 4.42 Å². The van der Waals surface area contributed by atoms with E-state index in [0.29, 0.717) is 5.92 Å². The van der Waals surface area contributed by atoms with Crippen LogP contribution in [-0.4, -0.2) is 33.2 Å². The number of piperidine rings is 1. The standard InChI is InChI=1S/C18H20N4O/c1-2-6-14(7-3-1)17-19-18(21-20-17)15-8-4-10-22(12-15)13-16-9-5-11-23-16/h1-3,5-7,9,11,15H,4,8,10,12-13H2,(H,19,20,21). The highest BCUT2D eigenvalue weighted by Crippen LogP contribution is 2.27. The summed E-state index contributed by atoms with van der Waals surface area (Å²) in [5.41, 5.74) is 1.05. The molecule has 5 heteroatoms. The van der Waals surface area contributed by atoms with Crippen molar-refractivity contribution >= 4 is 0 Å². The molecule has 1 aliphatic rings. The third-order valence-corrected chi connectivity index (χ3v) is 4.39. The lowest BCUT2D eigenvalue weighted by molar-refractivity contribution is 0.183. The molecule has 1 aromatic carbocycles. The van der Waals surface area contributed by atoms with Crippen molar-refractivity contribution in [3.05, 3.63) is 60.3 Å². The summed E-state index contributed by atoms with van der Waals surface area (Å²) >= 11 is 0. The van der Waals surface area contributed by atoms with Crippen molar-refractivity contribution in [2.75, 3.05) is 13.1 Å². The average molecular weight is 308 g/mol. The first kappa shape index (κ1) is 14.2. The van der Waals surface area contributed by atoms with Crippen LogP contribution in [0.4, 0.5) is 0 Å². The smallest absolute Gasteiger partial charge is 0.181 e. The highest BCUT2D eigenvalue weighted by Gasteiger charge is 2.24. The van der Waals surface area contributed by atoms with Crippen molar-refractivity contribution in [1.82, 2.24) is 20.1 Å². The Morgan fingerprint density at radius 2 is 2.09 bits per heavy atom. The van der Waals surface area contributed by atoms with Crippen LogP contribution in [0.15, 0.2) is 53.1 Å². The highest BCUT2D eigenvalue weighted by molar-refractivity contribution is 5.53. The lowest BCUT2D eigenvalue weighted by Crippen LogP contribution is -2.34. The van der Waals surface area contributed by atoms with Crippen molar-refractivity contribution in [1.29, 1.82) is 0 Å². The van der Waals surface area contributed by atoms with Crippen LogP contribution in [0.5, 0.6) is 0 Å². The molecule has 118 valence electrons. The van der Waals surface area contributed by atoms with Crippen LogP contribution < -0.4 is 0 Å². The van der Waals surface area contributed by atoms with Gasteiger partial charge in [0.05, 0.1) is 12.8 Å². The van der Waals surface area contributed by atoms with E-state index in [1.54, 1.807) is 6.26 Å². The lowest BCUT2D eigenvalue weighted by atomic mass is 9.97. The minimum Gasteiger partial charge on any atom is -0.468 e. The summed E-state index contributed by atoms with van der Waals surface area (Å²) in [5.74, 6) is 3.20. The number of rotatable bonds is 4. The molecule has 3 heterocycles. The summed E-state index contributed by atoms with van der Waals surface area (Å²) < 4.78 is 5.46. The predicted molar refractivity (Wildman–Crippen MR) is 87.8 cm³/mol. The first-order chi connectivity index (χ1) is 11.4. The van der Waals surface area contributed by atoms with Gasteiger partial charge in [-0.2, -0.15) is 5.10 Å². The van der Waals surface area contributed by atoms with Crippen LogP contribution in [0.25, 0.3) is 11.4 Å². The Bertz CT molecular complexity index is 735. The molecule has 3 aromatic rings. The van der Waals surface area contributed by atoms with E-state index in [4.69, 9.17) is 9.40 Å². The predicted octanol–water partition coefficient (Wildman–Crippen LogP) is 3.44. The van der Waals surface area contributed by atoms with E-state index in [0.717, 1.165) is 49.0 Å². The summed E-state index contributed by atoms with van der Waals surface area (Å²) in [6.45, 7) is 2.96. The molecule has 4 rings (SSSR count). The zero-order chi connectivity index (χ0) is 15.5. The maximum atomic E-state index is 5.46. The van der Waals surface area contributed by atoms with Gasteiger partial charge in [0.2, 0.25) is 0 Å². The molecule has 5 nitrogen and oxygen atoms in total. The van der Waals surface area contributed by atoms with Crippen LogP contribution in [-0.2, 0) is 6.54 Å². The second-order valence-corrected chi connectivity index (χ2v) is 6.06. The molecule has 0 saturated carbocycles. The summed E-state index contributed by atoms with van der Waals surface area (Å²) in [6, 6.07) is 14.1. The van der Waals surface area contributed by atoms with Gasteiger partial charge in [-0.05, 0) is 31.5 Å². The Morgan fingerprint density at radius 3 is 2.91 bits per heavy atom. The van der Waals surface area contributed by atoms with Crippen molar-refractivity contribution in [3.63, 3.8) is 0 Å². The summed E-state index contributed by atoms with van der Waals surface area (Å²) in [7, 11) is 0. The van der Waals surface area contributed by atoms with Gasteiger partial charge in [-0.25, -0.2) is 4.98 Å². The van der Waals surface area contributed by atoms with Crippen LogP contribution in [0, 0.1) is 0 Å². The molecule has 0 spiro atoms. The number of aromatic nitrogens is 3. The number of likely N-dealkylation sites (tertiary alicyclic amines) is 1. The number of benzene rings is 1. The summed E-state index contributed by atoms with van der Waals surface area (Å²) in [4.78, 5) is 7.15. The number of hydrogen-bond donors (Lipinski definition) is 1. The van der Waals surface area contributed by atoms with Crippen LogP contribution in [0.3, 0.4) is 0 Å². The van der Waals surface area contributed by atoms with E-state index in [9.17, 15) is 0 Å². The third kappa shape index (κ3) is 3.19. The minimum atomic E-state index is 0.406. The molecule has 1 aliphatic heterocycles. The number of furan rings is 1. The van der Waals surface area contributed by atoms with E-state index in [-0.39, 0.29) is 0 Å². The van der Waals surface area contributed by atoms with Gasteiger partial charge in [-0.1, -0.05) is 30.3 Å². The monoisotopic (exact) mass is 308 g/mol. The fraction of sp³-hybridized carbons (Fsp3) is 0.333. The molecule has 0 aliphatic carbocycles. The molecule has 2 aromatic heterocycles. The summed E-state index contributed by atoms with van der Waals surface area (Å²) in [6.07, 6.45) is 4.06. The maximum absolute atomic E-state index is 5.46. The number of hydrogen-bond acceptors (Lipinski definition) is 4. The fourth-order valence-corrected chi connectivity index (χ4v) is 3.22. The second kappa shape index (κ2) is 6.38. The van der Waals surface area contributed by atoms with Gasteiger partial charge in [0, 0.05) is 18.0 Å². The Kier molecular flexibility index (Phi) is 3.94. The summed E-state index contributed by atoms with van der Waals surface area (Å²) in [5, 5.41) is 7.53. The molecule has 1 N–H and O–H groups in total. The number of nitrogens with one attached hydrogen (secondary N) is 1. The van der Waals surface area contributed by atoms with Crippen molar-refractivity contribution in [2.45, 2.75) is 25.3 Å². The molecule has 1 saturated heterocycles. The largest absolute Gasteiger partial charge is 0.468 e. The van der Waals surface area contributed by atoms with Gasteiger partial charge in [-0.15, -0.1) is 0 Å². The van der Waals surface area contributed by atoms with Gasteiger partial charge in [0.25, 0.3) is 0 Å². The SMILES string of the molecule is c1ccc(-c2n[nH]c(C3CCCN(Cc4ccco4)C3)n2)cc1. The van der Waals surface area contributed by atoms with Gasteiger partial charge in [0.1, 0.15) is 11.6 Å². The quantitative estimate of drug-likeness (QED) is 0.802. The Hall–Kier alpha value is -2.40. The normalized spacial score (nSPS) is 19.0. The van der Waals surface area contributed by atoms with E-state index >= 15 is 0 Å². The van der Waals surface area contributed by atoms with E-state index < -0.39 is 0 Å². The average Bonchev–Trinajstić information content (AvgIpc) is 3.28. The molecular weight excluding hydrogens is 288 g/mol. The van der Waals surface area contributed by atoms with Crippen LogP contribution >= 0.6 is 0 Å². The number of nitrogens with zero attached hydrogens (tertiary/aromatic N) is 3. The molecular formula is C18H20N4O. The molecule has 1 atom stereocenters. The Labute approximate surface area is 135 Å².